The van der Waals surface area contributed by atoms with Crippen molar-refractivity contribution in [2.45, 2.75) is 87.6 Å². The largest absolute Gasteiger partial charge is 0.322 e. The molecule has 1 aromatic rings. The van der Waals surface area contributed by atoms with E-state index in [1.807, 2.05) is 18.2 Å². The minimum Gasteiger partial charge on any atom is -0.322 e. The maximum atomic E-state index is 13.2. The van der Waals surface area contributed by atoms with Gasteiger partial charge >= 0.3 is 0 Å². The Labute approximate surface area is 210 Å². The highest BCUT2D eigenvalue weighted by Gasteiger charge is 2.39. The lowest BCUT2D eigenvalue weighted by Crippen LogP contribution is -2.52. The first-order chi connectivity index (χ1) is 16.8. The smallest absolute Gasteiger partial charge is 0.255 e. The highest BCUT2D eigenvalue weighted by atomic mass is 32.2. The van der Waals surface area contributed by atoms with Gasteiger partial charge in [0.15, 0.2) is 0 Å². The predicted molar refractivity (Wildman–Crippen MR) is 132 cm³/mol. The third-order valence-electron chi connectivity index (χ3n) is 7.25. The molecule has 0 bridgehead atoms. The Balaban J connectivity index is 1.13. The number of rotatable bonds is 11. The number of nitrogens with zero attached hydrogens (tertiary/aromatic N) is 2. The Kier molecular flexibility index (Phi) is 8.81. The second kappa shape index (κ2) is 11.8. The van der Waals surface area contributed by atoms with Gasteiger partial charge in [0.1, 0.15) is 6.04 Å². The topological polar surface area (TPSA) is 69.7 Å². The molecule has 2 fully saturated rings. The first-order valence-corrected chi connectivity index (χ1v) is 13.8. The van der Waals surface area contributed by atoms with Crippen molar-refractivity contribution in [3.05, 3.63) is 29.3 Å². The van der Waals surface area contributed by atoms with Crippen LogP contribution < -0.4 is 5.32 Å². The van der Waals surface area contributed by atoms with E-state index >= 15 is 0 Å². The van der Waals surface area contributed by atoms with Crippen molar-refractivity contribution in [1.82, 2.24) is 15.1 Å². The lowest BCUT2D eigenvalue weighted by molar-refractivity contribution is -0.136. The van der Waals surface area contributed by atoms with Crippen LogP contribution in [0.15, 0.2) is 23.1 Å². The van der Waals surface area contributed by atoms with Crippen molar-refractivity contribution in [2.24, 2.45) is 0 Å². The number of nitrogens with one attached hydrogen (secondary N) is 1. The fourth-order valence-corrected chi connectivity index (χ4v) is 6.21. The van der Waals surface area contributed by atoms with Gasteiger partial charge in [-0.25, -0.2) is 8.78 Å². The number of thioether (sulfide) groups is 1. The van der Waals surface area contributed by atoms with Gasteiger partial charge in [0.05, 0.1) is 0 Å². The number of halogens is 2. The summed E-state index contributed by atoms with van der Waals surface area (Å²) < 4.78 is 26.4. The van der Waals surface area contributed by atoms with Crippen LogP contribution >= 0.6 is 11.8 Å². The van der Waals surface area contributed by atoms with Crippen LogP contribution in [0.3, 0.4) is 0 Å². The average molecular weight is 508 g/mol. The molecule has 0 aliphatic carbocycles. The molecule has 1 unspecified atom stereocenters. The molecule has 4 rings (SSSR count). The van der Waals surface area contributed by atoms with Crippen LogP contribution in [-0.2, 0) is 16.1 Å². The Hall–Kier alpha value is -2.00. The molecular formula is C26H35F2N3O3S. The molecule has 3 aliphatic heterocycles. The summed E-state index contributed by atoms with van der Waals surface area (Å²) in [6.07, 6.45) is 7.45. The third-order valence-corrected chi connectivity index (χ3v) is 8.44. The van der Waals surface area contributed by atoms with Crippen molar-refractivity contribution in [1.29, 1.82) is 0 Å². The number of hydrogen-bond donors (Lipinski definition) is 1. The molecule has 0 spiro atoms. The monoisotopic (exact) mass is 507 g/mol. The van der Waals surface area contributed by atoms with Crippen molar-refractivity contribution < 1.29 is 23.2 Å². The van der Waals surface area contributed by atoms with Crippen molar-refractivity contribution in [3.63, 3.8) is 0 Å². The van der Waals surface area contributed by atoms with E-state index < -0.39 is 12.0 Å². The number of unbranched alkanes of at least 4 members (excludes halogenated alkanes) is 5. The summed E-state index contributed by atoms with van der Waals surface area (Å²) in [4.78, 5) is 41.5. The molecule has 35 heavy (non-hydrogen) atoms. The van der Waals surface area contributed by atoms with Gasteiger partial charge in [0, 0.05) is 49.4 Å². The molecule has 1 N–H and O–H groups in total. The van der Waals surface area contributed by atoms with Gasteiger partial charge in [-0.1, -0.05) is 31.7 Å². The predicted octanol–water partition coefficient (Wildman–Crippen LogP) is 4.61. The van der Waals surface area contributed by atoms with Crippen molar-refractivity contribution in [3.8, 4) is 0 Å². The second-order valence-electron chi connectivity index (χ2n) is 9.85. The van der Waals surface area contributed by atoms with E-state index in [1.165, 1.54) is 12.8 Å². The maximum absolute atomic E-state index is 13.2. The summed E-state index contributed by atoms with van der Waals surface area (Å²) in [7, 11) is 0. The van der Waals surface area contributed by atoms with Crippen LogP contribution in [0.2, 0.25) is 0 Å². The fourth-order valence-electron chi connectivity index (χ4n) is 5.12. The molecule has 3 amide bonds. The Morgan fingerprint density at radius 3 is 2.46 bits per heavy atom. The summed E-state index contributed by atoms with van der Waals surface area (Å²) in [5, 5.41) is 2.35. The molecule has 192 valence electrons. The first-order valence-electron chi connectivity index (χ1n) is 12.8. The number of likely N-dealkylation sites (tertiary alicyclic amines) is 1. The summed E-state index contributed by atoms with van der Waals surface area (Å²) in [5.41, 5.74) is 1.65. The molecule has 6 nitrogen and oxygen atoms in total. The molecular weight excluding hydrogens is 472 g/mol. The van der Waals surface area contributed by atoms with Crippen LogP contribution in [0, 0.1) is 0 Å². The Bertz CT molecular complexity index is 932. The second-order valence-corrected chi connectivity index (χ2v) is 11.0. The van der Waals surface area contributed by atoms with Crippen LogP contribution in [0.4, 0.5) is 8.78 Å². The van der Waals surface area contributed by atoms with E-state index in [4.69, 9.17) is 0 Å². The number of imide groups is 1. The van der Waals surface area contributed by atoms with Crippen LogP contribution in [-0.4, -0.2) is 64.9 Å². The van der Waals surface area contributed by atoms with E-state index in [0.29, 0.717) is 31.6 Å². The molecule has 9 heteroatoms. The number of benzene rings is 1. The fraction of sp³-hybridized carbons (Fsp3) is 0.654. The molecule has 3 aliphatic rings. The molecule has 2 saturated heterocycles. The summed E-state index contributed by atoms with van der Waals surface area (Å²) in [6, 6.07) is 5.18. The molecule has 0 saturated carbocycles. The zero-order chi connectivity index (χ0) is 24.8. The Morgan fingerprint density at radius 2 is 1.71 bits per heavy atom. The minimum absolute atomic E-state index is 0.00159. The SMILES string of the molecule is O=C1CCC(N2Cc3c(SCCCCCCCCN4CCC(F)(F)CC4)cccc3C2=O)C(=O)N1. The number of fused-ring (bicyclic) bond motifs is 1. The van der Waals surface area contributed by atoms with E-state index in [1.54, 1.807) is 16.7 Å². The van der Waals surface area contributed by atoms with Gasteiger partial charge in [0.25, 0.3) is 11.8 Å². The van der Waals surface area contributed by atoms with Gasteiger partial charge in [-0.2, -0.15) is 0 Å². The maximum Gasteiger partial charge on any atom is 0.255 e. The zero-order valence-corrected chi connectivity index (χ0v) is 21.0. The molecule has 0 radical (unpaired) electrons. The van der Waals surface area contributed by atoms with Gasteiger partial charge in [-0.3, -0.25) is 19.7 Å². The molecule has 0 aromatic heterocycles. The Morgan fingerprint density at radius 1 is 1.00 bits per heavy atom. The van der Waals surface area contributed by atoms with E-state index in [0.717, 1.165) is 48.4 Å². The average Bonchev–Trinajstić information content (AvgIpc) is 3.16. The molecule has 1 aromatic carbocycles. The van der Waals surface area contributed by atoms with Gasteiger partial charge in [-0.15, -0.1) is 11.8 Å². The highest BCUT2D eigenvalue weighted by Crippen LogP contribution is 2.35. The summed E-state index contributed by atoms with van der Waals surface area (Å²) in [5.74, 6) is -2.27. The quantitative estimate of drug-likeness (QED) is 0.269. The zero-order valence-electron chi connectivity index (χ0n) is 20.2. The van der Waals surface area contributed by atoms with Crippen LogP contribution in [0.5, 0.6) is 0 Å². The highest BCUT2D eigenvalue weighted by molar-refractivity contribution is 7.99. The molecule has 3 heterocycles. The number of carbonyl (C=O) groups excluding carboxylic acids is 3. The summed E-state index contributed by atoms with van der Waals surface area (Å²) in [6.45, 7) is 2.38. The summed E-state index contributed by atoms with van der Waals surface area (Å²) >= 11 is 1.76. The van der Waals surface area contributed by atoms with Crippen molar-refractivity contribution in [2.75, 3.05) is 25.4 Å². The standard InChI is InChI=1S/C26H35F2N3O3S/c27-26(28)12-15-30(16-13-26)14-5-3-1-2-4-6-17-35-22-9-7-8-19-20(22)18-31(25(19)34)21-10-11-23(32)29-24(21)33/h7-9,21H,1-6,10-18H2,(H,29,32,33). The van der Waals surface area contributed by atoms with E-state index in [9.17, 15) is 23.2 Å². The van der Waals surface area contributed by atoms with Crippen LogP contribution in [0.25, 0.3) is 0 Å². The first kappa shape index (κ1) is 26.1. The van der Waals surface area contributed by atoms with E-state index in [-0.39, 0.29) is 37.0 Å². The number of amides is 3. The van der Waals surface area contributed by atoms with Gasteiger partial charge in [-0.05, 0) is 49.3 Å². The number of carbonyl (C=O) groups is 3. The van der Waals surface area contributed by atoms with Crippen LogP contribution in [0.1, 0.15) is 80.1 Å². The third kappa shape index (κ3) is 6.82. The number of hydrogen-bond acceptors (Lipinski definition) is 5. The number of piperidine rings is 2. The normalized spacial score (nSPS) is 22.4. The van der Waals surface area contributed by atoms with Gasteiger partial charge in [0.2, 0.25) is 11.8 Å². The van der Waals surface area contributed by atoms with Crippen molar-refractivity contribution >= 4 is 29.5 Å². The lowest BCUT2D eigenvalue weighted by atomic mass is 10.0. The minimum atomic E-state index is -2.46. The van der Waals surface area contributed by atoms with Gasteiger partial charge < -0.3 is 9.80 Å². The molecule has 1 atom stereocenters. The lowest BCUT2D eigenvalue weighted by Gasteiger charge is -2.31. The van der Waals surface area contributed by atoms with E-state index in [2.05, 4.69) is 10.2 Å². The number of alkyl halides is 2.